The molecule has 116 valence electrons. The van der Waals surface area contributed by atoms with Crippen molar-refractivity contribution in [1.29, 1.82) is 0 Å². The fraction of sp³-hybridized carbons (Fsp3) is 0.111. The Morgan fingerprint density at radius 1 is 1.13 bits per heavy atom. The van der Waals surface area contributed by atoms with Gasteiger partial charge in [-0.15, -0.1) is 0 Å². The summed E-state index contributed by atoms with van der Waals surface area (Å²) in [5.74, 6) is -0.199. The molecule has 5 heteroatoms. The Balaban J connectivity index is 1.77. The molecule has 0 spiro atoms. The van der Waals surface area contributed by atoms with E-state index in [-0.39, 0.29) is 18.2 Å². The topological polar surface area (TPSA) is 51.1 Å². The summed E-state index contributed by atoms with van der Waals surface area (Å²) in [5.41, 5.74) is 2.09. The van der Waals surface area contributed by atoms with Gasteiger partial charge < -0.3 is 9.88 Å². The van der Waals surface area contributed by atoms with Crippen molar-refractivity contribution < 1.29 is 9.59 Å². The third kappa shape index (κ3) is 3.43. The number of nitrogens with zero attached hydrogens (tertiary/aromatic N) is 1. The minimum absolute atomic E-state index is 0.0351. The molecule has 0 radical (unpaired) electrons. The van der Waals surface area contributed by atoms with E-state index in [2.05, 4.69) is 5.32 Å². The highest BCUT2D eigenvalue weighted by molar-refractivity contribution is 6.31. The van der Waals surface area contributed by atoms with Gasteiger partial charge in [-0.1, -0.05) is 29.8 Å². The summed E-state index contributed by atoms with van der Waals surface area (Å²) in [6.07, 6.45) is 1.85. The van der Waals surface area contributed by atoms with E-state index in [0.717, 1.165) is 10.9 Å². The highest BCUT2D eigenvalue weighted by Gasteiger charge is 2.08. The minimum atomic E-state index is -0.164. The second-order valence-corrected chi connectivity index (χ2v) is 5.77. The molecule has 1 N–H and O–H groups in total. The van der Waals surface area contributed by atoms with Crippen molar-refractivity contribution in [2.24, 2.45) is 0 Å². The van der Waals surface area contributed by atoms with Crippen molar-refractivity contribution in [2.75, 3.05) is 5.32 Å². The molecule has 2 aromatic carbocycles. The number of amides is 1. The second kappa shape index (κ2) is 6.26. The molecule has 0 aliphatic heterocycles. The number of ketones is 1. The summed E-state index contributed by atoms with van der Waals surface area (Å²) in [7, 11) is 0. The fourth-order valence-electron chi connectivity index (χ4n) is 2.47. The van der Waals surface area contributed by atoms with Crippen LogP contribution in [0.1, 0.15) is 17.3 Å². The predicted octanol–water partition coefficient (Wildman–Crippen LogP) is 4.14. The third-order valence-corrected chi connectivity index (χ3v) is 3.84. The summed E-state index contributed by atoms with van der Waals surface area (Å²) < 4.78 is 1.84. The van der Waals surface area contributed by atoms with E-state index in [0.29, 0.717) is 16.3 Å². The zero-order valence-electron chi connectivity index (χ0n) is 12.5. The van der Waals surface area contributed by atoms with E-state index in [1.54, 1.807) is 24.3 Å². The highest BCUT2D eigenvalue weighted by Crippen LogP contribution is 2.20. The monoisotopic (exact) mass is 326 g/mol. The summed E-state index contributed by atoms with van der Waals surface area (Å²) in [5, 5.41) is 4.47. The molecule has 0 atom stereocenters. The molecular formula is C18H15ClN2O2. The number of halogens is 1. The Kier molecular flexibility index (Phi) is 4.17. The first kappa shape index (κ1) is 15.3. The normalized spacial score (nSPS) is 10.7. The number of carbonyl (C=O) groups is 2. The Hall–Kier alpha value is -2.59. The molecule has 0 fully saturated rings. The number of rotatable bonds is 4. The van der Waals surface area contributed by atoms with Gasteiger partial charge in [0.05, 0.1) is 0 Å². The molecule has 1 aromatic heterocycles. The molecule has 0 saturated heterocycles. The number of hydrogen-bond acceptors (Lipinski definition) is 2. The molecule has 23 heavy (non-hydrogen) atoms. The minimum Gasteiger partial charge on any atom is -0.338 e. The van der Waals surface area contributed by atoms with Crippen LogP contribution in [0.15, 0.2) is 54.7 Å². The van der Waals surface area contributed by atoms with Gasteiger partial charge in [0.15, 0.2) is 5.78 Å². The van der Waals surface area contributed by atoms with Crippen molar-refractivity contribution in [2.45, 2.75) is 13.5 Å². The van der Waals surface area contributed by atoms with Gasteiger partial charge >= 0.3 is 0 Å². The SMILES string of the molecule is CC(=O)c1cccc(NC(=O)Cn2ccc3ccc(Cl)cc32)c1. The van der Waals surface area contributed by atoms with E-state index in [1.165, 1.54) is 6.92 Å². The van der Waals surface area contributed by atoms with Gasteiger partial charge in [0.25, 0.3) is 0 Å². The van der Waals surface area contributed by atoms with E-state index in [1.807, 2.05) is 35.0 Å². The van der Waals surface area contributed by atoms with E-state index in [4.69, 9.17) is 11.6 Å². The smallest absolute Gasteiger partial charge is 0.244 e. The lowest BCUT2D eigenvalue weighted by Gasteiger charge is -2.08. The number of nitrogens with one attached hydrogen (secondary N) is 1. The van der Waals surface area contributed by atoms with Crippen LogP contribution in [0.4, 0.5) is 5.69 Å². The van der Waals surface area contributed by atoms with E-state index in [9.17, 15) is 9.59 Å². The number of anilines is 1. The molecule has 1 amide bonds. The molecule has 0 aliphatic carbocycles. The molecule has 0 saturated carbocycles. The van der Waals surface area contributed by atoms with Gasteiger partial charge in [-0.25, -0.2) is 0 Å². The van der Waals surface area contributed by atoms with Gasteiger partial charge in [0, 0.05) is 28.0 Å². The summed E-state index contributed by atoms with van der Waals surface area (Å²) in [6, 6.07) is 14.4. The van der Waals surface area contributed by atoms with Crippen LogP contribution in [-0.2, 0) is 11.3 Å². The van der Waals surface area contributed by atoms with Gasteiger partial charge in [-0.05, 0) is 42.6 Å². The molecule has 0 unspecified atom stereocenters. The third-order valence-electron chi connectivity index (χ3n) is 3.60. The molecule has 4 nitrogen and oxygen atoms in total. The lowest BCUT2D eigenvalue weighted by molar-refractivity contribution is -0.116. The van der Waals surface area contributed by atoms with Crippen molar-refractivity contribution in [3.05, 3.63) is 65.3 Å². The Morgan fingerprint density at radius 2 is 1.96 bits per heavy atom. The van der Waals surface area contributed by atoms with Crippen LogP contribution in [0.3, 0.4) is 0 Å². The molecule has 1 heterocycles. The van der Waals surface area contributed by atoms with Gasteiger partial charge in [-0.2, -0.15) is 0 Å². The number of aromatic nitrogens is 1. The largest absolute Gasteiger partial charge is 0.338 e. The maximum Gasteiger partial charge on any atom is 0.244 e. The molecule has 3 rings (SSSR count). The lowest BCUT2D eigenvalue weighted by Crippen LogP contribution is -2.18. The van der Waals surface area contributed by atoms with Gasteiger partial charge in [-0.3, -0.25) is 9.59 Å². The average Bonchev–Trinajstić information content (AvgIpc) is 2.89. The number of fused-ring (bicyclic) bond motifs is 1. The maximum absolute atomic E-state index is 12.2. The summed E-state index contributed by atoms with van der Waals surface area (Å²) in [4.78, 5) is 23.6. The molecule has 0 aliphatic rings. The second-order valence-electron chi connectivity index (χ2n) is 5.33. The van der Waals surface area contributed by atoms with Crippen LogP contribution in [0, 0.1) is 0 Å². The first-order valence-electron chi connectivity index (χ1n) is 7.18. The van der Waals surface area contributed by atoms with Crippen LogP contribution >= 0.6 is 11.6 Å². The molecule has 0 bridgehead atoms. The first-order chi connectivity index (χ1) is 11.0. The summed E-state index contributed by atoms with van der Waals surface area (Å²) >= 11 is 6.02. The number of Topliss-reactive ketones (excluding diaryl/α,β-unsaturated/α-hetero) is 1. The number of carbonyl (C=O) groups excluding carboxylic acids is 2. The standard InChI is InChI=1S/C18H15ClN2O2/c1-12(22)14-3-2-4-16(9-14)20-18(23)11-21-8-7-13-5-6-15(19)10-17(13)21/h2-10H,11H2,1H3,(H,20,23). The zero-order valence-corrected chi connectivity index (χ0v) is 13.3. The van der Waals surface area contributed by atoms with Crippen molar-refractivity contribution in [1.82, 2.24) is 4.57 Å². The van der Waals surface area contributed by atoms with Crippen LogP contribution in [0.2, 0.25) is 5.02 Å². The number of hydrogen-bond donors (Lipinski definition) is 1. The predicted molar refractivity (Wildman–Crippen MR) is 92.0 cm³/mol. The van der Waals surface area contributed by atoms with Crippen LogP contribution in [0.25, 0.3) is 10.9 Å². The van der Waals surface area contributed by atoms with Crippen molar-refractivity contribution in [3.63, 3.8) is 0 Å². The fourth-order valence-corrected chi connectivity index (χ4v) is 2.63. The zero-order chi connectivity index (χ0) is 16.4. The maximum atomic E-state index is 12.2. The van der Waals surface area contributed by atoms with Gasteiger partial charge in [0.2, 0.25) is 5.91 Å². The van der Waals surface area contributed by atoms with E-state index < -0.39 is 0 Å². The van der Waals surface area contributed by atoms with Crippen molar-refractivity contribution >= 4 is 39.9 Å². The van der Waals surface area contributed by atoms with Gasteiger partial charge in [0.1, 0.15) is 6.54 Å². The Morgan fingerprint density at radius 3 is 2.74 bits per heavy atom. The van der Waals surface area contributed by atoms with Crippen LogP contribution in [0.5, 0.6) is 0 Å². The molecular weight excluding hydrogens is 312 g/mol. The lowest BCUT2D eigenvalue weighted by atomic mass is 10.1. The molecule has 3 aromatic rings. The average molecular weight is 327 g/mol. The van der Waals surface area contributed by atoms with Crippen LogP contribution < -0.4 is 5.32 Å². The van der Waals surface area contributed by atoms with Crippen molar-refractivity contribution in [3.8, 4) is 0 Å². The number of benzene rings is 2. The highest BCUT2D eigenvalue weighted by atomic mass is 35.5. The Labute approximate surface area is 138 Å². The van der Waals surface area contributed by atoms with Crippen LogP contribution in [-0.4, -0.2) is 16.3 Å². The quantitative estimate of drug-likeness (QED) is 0.733. The summed E-state index contributed by atoms with van der Waals surface area (Å²) in [6.45, 7) is 1.67. The van der Waals surface area contributed by atoms with E-state index >= 15 is 0 Å². The first-order valence-corrected chi connectivity index (χ1v) is 7.56. The Bertz CT molecular complexity index is 899.